The summed E-state index contributed by atoms with van der Waals surface area (Å²) in [5, 5.41) is 6.92. The Morgan fingerprint density at radius 3 is 2.57 bits per heavy atom. The molecule has 0 fully saturated rings. The quantitative estimate of drug-likeness (QED) is 0.802. The molecule has 0 atom stereocenters. The molecule has 112 valence electrons. The lowest BCUT2D eigenvalue weighted by Crippen LogP contribution is -2.36. The van der Waals surface area contributed by atoms with Gasteiger partial charge in [-0.05, 0) is 13.8 Å². The van der Waals surface area contributed by atoms with E-state index in [9.17, 15) is 13.2 Å². The van der Waals surface area contributed by atoms with E-state index in [1.165, 1.54) is 6.33 Å². The van der Waals surface area contributed by atoms with Crippen molar-refractivity contribution in [1.29, 1.82) is 0 Å². The van der Waals surface area contributed by atoms with Gasteiger partial charge in [0.1, 0.15) is 12.1 Å². The molecule has 21 heavy (non-hydrogen) atoms. The van der Waals surface area contributed by atoms with Gasteiger partial charge in [0.25, 0.3) is 0 Å². The maximum Gasteiger partial charge on any atom is 0.451 e. The summed E-state index contributed by atoms with van der Waals surface area (Å²) < 4.78 is 39.5. The minimum absolute atomic E-state index is 0.180. The first-order valence-electron chi connectivity index (χ1n) is 6.40. The summed E-state index contributed by atoms with van der Waals surface area (Å²) in [6, 6.07) is 0. The highest BCUT2D eigenvalue weighted by molar-refractivity contribution is 5.47. The molecule has 3 rings (SSSR count). The first-order chi connectivity index (χ1) is 9.88. The van der Waals surface area contributed by atoms with Crippen molar-refractivity contribution in [2.24, 2.45) is 0 Å². The van der Waals surface area contributed by atoms with E-state index in [1.54, 1.807) is 0 Å². The minimum Gasteiger partial charge on any atom is -0.347 e. The van der Waals surface area contributed by atoms with Crippen LogP contribution in [-0.2, 0) is 19.3 Å². The van der Waals surface area contributed by atoms with Crippen LogP contribution in [0.1, 0.15) is 22.9 Å². The average Bonchev–Trinajstić information content (AvgIpc) is 2.84. The van der Waals surface area contributed by atoms with Crippen LogP contribution in [0.2, 0.25) is 0 Å². The van der Waals surface area contributed by atoms with Crippen molar-refractivity contribution in [3.05, 3.63) is 29.2 Å². The van der Waals surface area contributed by atoms with Gasteiger partial charge in [0, 0.05) is 24.3 Å². The highest BCUT2D eigenvalue weighted by Gasteiger charge is 2.39. The Balaban J connectivity index is 1.92. The number of hydrogen-bond acceptors (Lipinski definition) is 5. The van der Waals surface area contributed by atoms with Crippen LogP contribution in [0, 0.1) is 13.8 Å². The first-order valence-corrected chi connectivity index (χ1v) is 6.40. The Bertz CT molecular complexity index is 678. The standard InChI is InChI=1S/C12H13F3N6/c1-7-8(2)16-6-17-10(7)20-3-4-21-9(5-20)18-19-11(21)12(13,14)15/h6H,3-5H2,1-2H3. The molecular formula is C12H13F3N6. The molecule has 2 aromatic heterocycles. The molecule has 0 bridgehead atoms. The smallest absolute Gasteiger partial charge is 0.347 e. The number of alkyl halides is 3. The molecule has 1 aliphatic heterocycles. The highest BCUT2D eigenvalue weighted by atomic mass is 19.4. The molecule has 0 unspecified atom stereocenters. The Morgan fingerprint density at radius 2 is 1.86 bits per heavy atom. The predicted octanol–water partition coefficient (Wildman–Crippen LogP) is 1.72. The molecular weight excluding hydrogens is 285 g/mol. The van der Waals surface area contributed by atoms with Crippen molar-refractivity contribution in [1.82, 2.24) is 24.7 Å². The molecule has 0 radical (unpaired) electrons. The number of anilines is 1. The van der Waals surface area contributed by atoms with Gasteiger partial charge in [-0.1, -0.05) is 0 Å². The fourth-order valence-corrected chi connectivity index (χ4v) is 2.39. The molecule has 6 nitrogen and oxygen atoms in total. The SMILES string of the molecule is Cc1ncnc(N2CCn3c(nnc3C(F)(F)F)C2)c1C. The van der Waals surface area contributed by atoms with Gasteiger partial charge in [0.2, 0.25) is 5.82 Å². The van der Waals surface area contributed by atoms with E-state index in [0.29, 0.717) is 12.4 Å². The van der Waals surface area contributed by atoms with Crippen LogP contribution in [0.4, 0.5) is 19.0 Å². The maximum atomic E-state index is 12.8. The molecule has 0 saturated heterocycles. The molecule has 0 saturated carbocycles. The number of hydrogen-bond donors (Lipinski definition) is 0. The summed E-state index contributed by atoms with van der Waals surface area (Å²) in [4.78, 5) is 10.2. The predicted molar refractivity (Wildman–Crippen MR) is 67.6 cm³/mol. The lowest BCUT2D eigenvalue weighted by Gasteiger charge is -2.30. The van der Waals surface area contributed by atoms with E-state index in [2.05, 4.69) is 20.2 Å². The van der Waals surface area contributed by atoms with Crippen molar-refractivity contribution in [2.45, 2.75) is 33.1 Å². The van der Waals surface area contributed by atoms with Gasteiger partial charge in [0.05, 0.1) is 6.54 Å². The Labute approximate surface area is 118 Å². The zero-order chi connectivity index (χ0) is 15.2. The normalized spacial score (nSPS) is 15.2. The monoisotopic (exact) mass is 298 g/mol. The number of halogens is 3. The Hall–Kier alpha value is -2.19. The fourth-order valence-electron chi connectivity index (χ4n) is 2.39. The number of fused-ring (bicyclic) bond motifs is 1. The number of nitrogens with zero attached hydrogens (tertiary/aromatic N) is 6. The molecule has 2 aromatic rings. The van der Waals surface area contributed by atoms with Gasteiger partial charge < -0.3 is 9.47 Å². The van der Waals surface area contributed by atoms with Crippen molar-refractivity contribution in [3.8, 4) is 0 Å². The van der Waals surface area contributed by atoms with Crippen molar-refractivity contribution >= 4 is 5.82 Å². The van der Waals surface area contributed by atoms with Gasteiger partial charge in [-0.15, -0.1) is 10.2 Å². The van der Waals surface area contributed by atoms with Crippen molar-refractivity contribution in [2.75, 3.05) is 11.4 Å². The maximum absolute atomic E-state index is 12.8. The van der Waals surface area contributed by atoms with E-state index >= 15 is 0 Å². The minimum atomic E-state index is -4.48. The van der Waals surface area contributed by atoms with Crippen molar-refractivity contribution < 1.29 is 13.2 Å². The van der Waals surface area contributed by atoms with Crippen LogP contribution >= 0.6 is 0 Å². The van der Waals surface area contributed by atoms with Gasteiger partial charge in [-0.25, -0.2) is 9.97 Å². The van der Waals surface area contributed by atoms with E-state index < -0.39 is 12.0 Å². The van der Waals surface area contributed by atoms with Gasteiger partial charge >= 0.3 is 6.18 Å². The van der Waals surface area contributed by atoms with E-state index in [1.807, 2.05) is 18.7 Å². The van der Waals surface area contributed by atoms with Crippen LogP contribution in [0.15, 0.2) is 6.33 Å². The van der Waals surface area contributed by atoms with E-state index in [0.717, 1.165) is 21.6 Å². The van der Waals surface area contributed by atoms with Crippen LogP contribution in [-0.4, -0.2) is 31.3 Å². The average molecular weight is 298 g/mol. The van der Waals surface area contributed by atoms with Crippen LogP contribution in [0.5, 0.6) is 0 Å². The highest BCUT2D eigenvalue weighted by Crippen LogP contribution is 2.30. The van der Waals surface area contributed by atoms with Gasteiger partial charge in [0.15, 0.2) is 5.82 Å². The Morgan fingerprint density at radius 1 is 1.10 bits per heavy atom. The summed E-state index contributed by atoms with van der Waals surface area (Å²) in [5.41, 5.74) is 1.77. The van der Waals surface area contributed by atoms with Crippen LogP contribution in [0.3, 0.4) is 0 Å². The van der Waals surface area contributed by atoms with Gasteiger partial charge in [-0.3, -0.25) is 0 Å². The zero-order valence-electron chi connectivity index (χ0n) is 11.5. The second-order valence-electron chi connectivity index (χ2n) is 4.92. The molecule has 0 amide bonds. The van der Waals surface area contributed by atoms with Crippen LogP contribution in [0.25, 0.3) is 0 Å². The number of aromatic nitrogens is 5. The molecule has 0 N–H and O–H groups in total. The topological polar surface area (TPSA) is 59.7 Å². The van der Waals surface area contributed by atoms with Crippen LogP contribution < -0.4 is 4.90 Å². The molecule has 0 aliphatic carbocycles. The van der Waals surface area contributed by atoms with Crippen molar-refractivity contribution in [3.63, 3.8) is 0 Å². The van der Waals surface area contributed by atoms with Gasteiger partial charge in [-0.2, -0.15) is 13.2 Å². The fraction of sp³-hybridized carbons (Fsp3) is 0.500. The second kappa shape index (κ2) is 4.68. The molecule has 0 aromatic carbocycles. The summed E-state index contributed by atoms with van der Waals surface area (Å²) in [7, 11) is 0. The molecule has 1 aliphatic rings. The largest absolute Gasteiger partial charge is 0.451 e. The summed E-state index contributed by atoms with van der Waals surface area (Å²) in [5.74, 6) is 0.0855. The molecule has 3 heterocycles. The number of rotatable bonds is 1. The first kappa shape index (κ1) is 13.8. The second-order valence-corrected chi connectivity index (χ2v) is 4.92. The summed E-state index contributed by atoms with van der Waals surface area (Å²) >= 11 is 0. The number of aryl methyl sites for hydroxylation is 1. The molecule has 0 spiro atoms. The summed E-state index contributed by atoms with van der Waals surface area (Å²) in [6.45, 7) is 4.62. The van der Waals surface area contributed by atoms with E-state index in [4.69, 9.17) is 0 Å². The lowest BCUT2D eigenvalue weighted by molar-refractivity contribution is -0.147. The summed E-state index contributed by atoms with van der Waals surface area (Å²) in [6.07, 6.45) is -3.02. The van der Waals surface area contributed by atoms with E-state index in [-0.39, 0.29) is 13.1 Å². The third-order valence-electron chi connectivity index (χ3n) is 3.62. The third kappa shape index (κ3) is 2.32. The Kier molecular flexibility index (Phi) is 3.07. The zero-order valence-corrected chi connectivity index (χ0v) is 11.5. The third-order valence-corrected chi connectivity index (χ3v) is 3.62. The molecule has 9 heteroatoms. The lowest BCUT2D eigenvalue weighted by atomic mass is 10.2.